The number of non-ortho nitro benzene ring substituents is 1. The van der Waals surface area contributed by atoms with E-state index in [4.69, 9.17) is 0 Å². The number of nitrogens with one attached hydrogen (secondary N) is 4. The smallest absolute Gasteiger partial charge is 0.269 e. The van der Waals surface area contributed by atoms with Crippen LogP contribution >= 0.6 is 0 Å². The lowest BCUT2D eigenvalue weighted by molar-refractivity contribution is -0.384. The molecule has 2 heterocycles. The van der Waals surface area contributed by atoms with Gasteiger partial charge in [-0.05, 0) is 52.8 Å². The van der Waals surface area contributed by atoms with E-state index in [1.165, 1.54) is 12.1 Å². The van der Waals surface area contributed by atoms with E-state index >= 15 is 0 Å². The van der Waals surface area contributed by atoms with Crippen molar-refractivity contribution in [1.82, 2.24) is 20.6 Å². The third-order valence-electron chi connectivity index (χ3n) is 9.58. The van der Waals surface area contributed by atoms with Gasteiger partial charge < -0.3 is 20.6 Å². The maximum absolute atomic E-state index is 13.2. The summed E-state index contributed by atoms with van der Waals surface area (Å²) in [7, 11) is 0. The van der Waals surface area contributed by atoms with Crippen LogP contribution in [0.5, 0.6) is 0 Å². The normalized spacial score (nSPS) is 11.2. The lowest BCUT2D eigenvalue weighted by atomic mass is 9.85. The Kier molecular flexibility index (Phi) is 10.2. The molecular weight excluding hydrogens is 651 g/mol. The van der Waals surface area contributed by atoms with Crippen LogP contribution in [-0.4, -0.2) is 26.7 Å². The number of aromatic nitrogens is 2. The largest absolute Gasteiger partial charge is 0.357 e. The van der Waals surface area contributed by atoms with Crippen LogP contribution in [0, 0.1) is 10.1 Å². The molecule has 52 heavy (non-hydrogen) atoms. The molecule has 9 heteroatoms. The average Bonchev–Trinajstić information content (AvgIpc) is 3.73. The topological polar surface area (TPSA) is 133 Å². The molecule has 9 nitrogen and oxygen atoms in total. The molecule has 4 N–H and O–H groups in total. The highest BCUT2D eigenvalue weighted by Gasteiger charge is 2.29. The predicted octanol–water partition coefficient (Wildman–Crippen LogP) is 8.24. The number of para-hydroxylation sites is 2. The van der Waals surface area contributed by atoms with E-state index in [1.54, 1.807) is 12.1 Å². The van der Waals surface area contributed by atoms with Gasteiger partial charge in [-0.3, -0.25) is 19.7 Å². The molecule has 0 saturated carbocycles. The number of hydrogen-bond donors (Lipinski definition) is 4. The number of aryl methyl sites for hydroxylation is 2. The molecule has 0 bridgehead atoms. The first-order valence-electron chi connectivity index (χ1n) is 17.5. The van der Waals surface area contributed by atoms with Crippen molar-refractivity contribution in [3.8, 4) is 0 Å². The maximum atomic E-state index is 13.2. The van der Waals surface area contributed by atoms with Gasteiger partial charge >= 0.3 is 0 Å². The Balaban J connectivity index is 1.26. The van der Waals surface area contributed by atoms with Crippen molar-refractivity contribution in [3.63, 3.8) is 0 Å². The Morgan fingerprint density at radius 1 is 0.577 bits per heavy atom. The maximum Gasteiger partial charge on any atom is 0.269 e. The minimum atomic E-state index is -0.412. The molecule has 0 aliphatic carbocycles. The Morgan fingerprint density at radius 2 is 1.00 bits per heavy atom. The van der Waals surface area contributed by atoms with E-state index in [-0.39, 0.29) is 30.3 Å². The summed E-state index contributed by atoms with van der Waals surface area (Å²) in [6.45, 7) is 0.895. The summed E-state index contributed by atoms with van der Waals surface area (Å²) in [5.41, 5.74) is 8.56. The van der Waals surface area contributed by atoms with Crippen LogP contribution in [0.25, 0.3) is 21.8 Å². The van der Waals surface area contributed by atoms with Gasteiger partial charge in [0.05, 0.1) is 10.8 Å². The fourth-order valence-corrected chi connectivity index (χ4v) is 6.99. The lowest BCUT2D eigenvalue weighted by Gasteiger charge is -2.20. The Bertz CT molecular complexity index is 2190. The van der Waals surface area contributed by atoms with Crippen molar-refractivity contribution < 1.29 is 14.5 Å². The number of carbonyl (C=O) groups excluding carboxylic acids is 2. The monoisotopic (exact) mass is 689 g/mol. The molecule has 0 fully saturated rings. The fourth-order valence-electron chi connectivity index (χ4n) is 6.99. The Morgan fingerprint density at radius 3 is 1.44 bits per heavy atom. The second kappa shape index (κ2) is 15.6. The number of hydrogen-bond acceptors (Lipinski definition) is 4. The number of benzene rings is 5. The number of fused-ring (bicyclic) bond motifs is 2. The summed E-state index contributed by atoms with van der Waals surface area (Å²) in [6.07, 6.45) is 1.49. The summed E-state index contributed by atoms with van der Waals surface area (Å²) in [6, 6.07) is 42.4. The van der Waals surface area contributed by atoms with Crippen LogP contribution in [0.2, 0.25) is 0 Å². The number of amides is 2. The van der Waals surface area contributed by atoms with E-state index in [1.807, 2.05) is 97.1 Å². The summed E-state index contributed by atoms with van der Waals surface area (Å²) < 4.78 is 0. The third-order valence-corrected chi connectivity index (χ3v) is 9.58. The summed E-state index contributed by atoms with van der Waals surface area (Å²) in [5.74, 6) is -0.523. The van der Waals surface area contributed by atoms with E-state index in [0.717, 1.165) is 61.0 Å². The molecule has 0 unspecified atom stereocenters. The van der Waals surface area contributed by atoms with Gasteiger partial charge in [-0.25, -0.2) is 0 Å². The number of aromatic amines is 2. The predicted molar refractivity (Wildman–Crippen MR) is 204 cm³/mol. The van der Waals surface area contributed by atoms with Gasteiger partial charge in [0.1, 0.15) is 0 Å². The number of rotatable bonds is 14. The fraction of sp³-hybridized carbons (Fsp3) is 0.163. The molecule has 0 spiro atoms. The summed E-state index contributed by atoms with van der Waals surface area (Å²) in [5, 5.41) is 19.8. The molecule has 7 rings (SSSR count). The van der Waals surface area contributed by atoms with Crippen LogP contribution in [0.15, 0.2) is 133 Å². The first-order chi connectivity index (χ1) is 25.4. The van der Waals surface area contributed by atoms with Gasteiger partial charge in [-0.2, -0.15) is 0 Å². The number of nitro groups is 1. The molecule has 260 valence electrons. The van der Waals surface area contributed by atoms with Crippen molar-refractivity contribution in [1.29, 1.82) is 0 Å². The number of carbonyl (C=O) groups is 2. The van der Waals surface area contributed by atoms with E-state index in [2.05, 4.69) is 32.7 Å². The molecule has 0 atom stereocenters. The highest BCUT2D eigenvalue weighted by atomic mass is 16.6. The van der Waals surface area contributed by atoms with Crippen molar-refractivity contribution in [2.75, 3.05) is 0 Å². The number of nitrogens with zero attached hydrogens (tertiary/aromatic N) is 1. The van der Waals surface area contributed by atoms with Crippen molar-refractivity contribution >= 4 is 39.3 Å². The van der Waals surface area contributed by atoms with E-state index in [0.29, 0.717) is 25.9 Å². The second-order valence-electron chi connectivity index (χ2n) is 12.9. The van der Waals surface area contributed by atoms with Crippen LogP contribution in [0.4, 0.5) is 5.69 Å². The van der Waals surface area contributed by atoms with Gasteiger partial charge in [-0.1, -0.05) is 109 Å². The van der Waals surface area contributed by atoms with Gasteiger partial charge in [0.2, 0.25) is 11.8 Å². The molecule has 0 aliphatic heterocycles. The zero-order chi connectivity index (χ0) is 35.9. The van der Waals surface area contributed by atoms with Gasteiger partial charge in [0, 0.05) is 71.3 Å². The van der Waals surface area contributed by atoms with Crippen LogP contribution in [0.3, 0.4) is 0 Å². The molecular formula is C43H39N5O4. The zero-order valence-electron chi connectivity index (χ0n) is 28.6. The van der Waals surface area contributed by atoms with Crippen molar-refractivity contribution in [2.45, 2.75) is 44.7 Å². The summed E-state index contributed by atoms with van der Waals surface area (Å²) >= 11 is 0. The highest BCUT2D eigenvalue weighted by molar-refractivity contribution is 5.89. The molecule has 5 aromatic carbocycles. The Labute approximate surface area is 301 Å². The first kappa shape index (κ1) is 34.0. The first-order valence-corrected chi connectivity index (χ1v) is 17.5. The molecule has 0 saturated heterocycles. The van der Waals surface area contributed by atoms with Crippen LogP contribution in [-0.2, 0) is 35.5 Å². The SMILES string of the molecule is O=C(CCc1c(C(c2ccc([N+](=O)[O-])cc2)c2[nH]c3ccccc3c2CCC(=O)NCc2ccccc2)[nH]c2ccccc12)NCc1ccccc1. The quantitative estimate of drug-likeness (QED) is 0.0676. The van der Waals surface area contributed by atoms with E-state index in [9.17, 15) is 19.7 Å². The molecule has 0 aliphatic rings. The Hall–Kier alpha value is -6.48. The van der Waals surface area contributed by atoms with Crippen molar-refractivity contribution in [3.05, 3.63) is 183 Å². The molecule has 2 amide bonds. The molecule has 2 aromatic heterocycles. The molecule has 7 aromatic rings. The highest BCUT2D eigenvalue weighted by Crippen LogP contribution is 2.41. The second-order valence-corrected chi connectivity index (χ2v) is 12.9. The molecule has 0 radical (unpaired) electrons. The van der Waals surface area contributed by atoms with Crippen LogP contribution in [0.1, 0.15) is 58.0 Å². The van der Waals surface area contributed by atoms with Crippen molar-refractivity contribution in [2.24, 2.45) is 0 Å². The number of nitro benzene ring substituents is 1. The minimum absolute atomic E-state index is 0.00131. The lowest BCUT2D eigenvalue weighted by Crippen LogP contribution is -2.23. The summed E-state index contributed by atoms with van der Waals surface area (Å²) in [4.78, 5) is 45.1. The third kappa shape index (κ3) is 7.63. The van der Waals surface area contributed by atoms with Gasteiger partial charge in [0.15, 0.2) is 0 Å². The van der Waals surface area contributed by atoms with Gasteiger partial charge in [-0.15, -0.1) is 0 Å². The minimum Gasteiger partial charge on any atom is -0.357 e. The number of H-pyrrole nitrogens is 2. The van der Waals surface area contributed by atoms with E-state index < -0.39 is 10.8 Å². The van der Waals surface area contributed by atoms with Gasteiger partial charge in [0.25, 0.3) is 5.69 Å². The zero-order valence-corrected chi connectivity index (χ0v) is 28.6. The average molecular weight is 690 g/mol. The van der Waals surface area contributed by atoms with Crippen LogP contribution < -0.4 is 10.6 Å². The standard InChI is InChI=1S/C43H39N5O4/c49-39(44-27-29-11-3-1-4-12-29)25-23-35-33-15-7-9-17-37(33)46-42(35)41(31-19-21-32(22-20-31)48(51)52)43-36(34-16-8-10-18-38(34)47-43)24-26-40(50)45-28-30-13-5-2-6-14-30/h1-22,41,46-47H,23-28H2,(H,44,49)(H,45,50).